The summed E-state index contributed by atoms with van der Waals surface area (Å²) in [5.74, 6) is 0.263. The first-order valence-corrected chi connectivity index (χ1v) is 6.64. The smallest absolute Gasteiger partial charge is 0.156 e. The first-order chi connectivity index (χ1) is 8.39. The molecule has 0 unspecified atom stereocenters. The minimum absolute atomic E-state index is 0.105. The van der Waals surface area contributed by atoms with Crippen LogP contribution >= 0.6 is 0 Å². The Labute approximate surface area is 109 Å². The lowest BCUT2D eigenvalue weighted by atomic mass is 9.76. The maximum atomic E-state index is 11.7. The van der Waals surface area contributed by atoms with Crippen LogP contribution in [-0.2, 0) is 24.7 Å². The van der Waals surface area contributed by atoms with E-state index in [0.29, 0.717) is 6.42 Å². The van der Waals surface area contributed by atoms with E-state index >= 15 is 0 Å². The molecule has 18 heavy (non-hydrogen) atoms. The molecule has 0 bridgehead atoms. The third kappa shape index (κ3) is 2.89. The van der Waals surface area contributed by atoms with E-state index in [9.17, 15) is 4.79 Å². The largest absolute Gasteiger partial charge is 0.295 e. The third-order valence-electron chi connectivity index (χ3n) is 3.52. The van der Waals surface area contributed by atoms with Crippen molar-refractivity contribution in [2.75, 3.05) is 0 Å². The highest BCUT2D eigenvalue weighted by Gasteiger charge is 2.27. The number of carbonyl (C=O) groups excluding carboxylic acids is 1. The summed E-state index contributed by atoms with van der Waals surface area (Å²) in [6.45, 7) is 6.44. The highest BCUT2D eigenvalue weighted by Crippen LogP contribution is 2.34. The Morgan fingerprint density at radius 2 is 2.11 bits per heavy atom. The van der Waals surface area contributed by atoms with Crippen LogP contribution in [0, 0.1) is 5.41 Å². The van der Waals surface area contributed by atoms with Crippen LogP contribution in [-0.4, -0.2) is 15.6 Å². The fourth-order valence-electron chi connectivity index (χ4n) is 2.73. The zero-order valence-corrected chi connectivity index (χ0v) is 11.8. The number of rotatable bonds is 3. The van der Waals surface area contributed by atoms with Crippen molar-refractivity contribution < 1.29 is 4.79 Å². The van der Waals surface area contributed by atoms with Gasteiger partial charge in [0, 0.05) is 25.6 Å². The molecule has 0 saturated heterocycles. The molecular formula is C15H22N2O. The van der Waals surface area contributed by atoms with Crippen LogP contribution in [0.1, 0.15) is 45.0 Å². The molecule has 1 aliphatic rings. The van der Waals surface area contributed by atoms with E-state index in [1.165, 1.54) is 11.3 Å². The number of aromatic nitrogens is 2. The molecule has 0 aromatic carbocycles. The second kappa shape index (κ2) is 4.71. The molecule has 0 saturated carbocycles. The quantitative estimate of drug-likeness (QED) is 0.822. The van der Waals surface area contributed by atoms with Crippen LogP contribution in [0.2, 0.25) is 0 Å². The van der Waals surface area contributed by atoms with E-state index < -0.39 is 0 Å². The van der Waals surface area contributed by atoms with Crippen molar-refractivity contribution in [3.05, 3.63) is 29.1 Å². The summed E-state index contributed by atoms with van der Waals surface area (Å²) < 4.78 is 1.94. The molecule has 0 N–H and O–H groups in total. The summed E-state index contributed by atoms with van der Waals surface area (Å²) in [5.41, 5.74) is 3.66. The minimum Gasteiger partial charge on any atom is -0.295 e. The van der Waals surface area contributed by atoms with Gasteiger partial charge in [-0.1, -0.05) is 26.3 Å². The number of carbonyl (C=O) groups is 1. The molecule has 3 nitrogen and oxygen atoms in total. The maximum absolute atomic E-state index is 11.7. The number of hydrogen-bond donors (Lipinski definition) is 0. The average Bonchev–Trinajstić information content (AvgIpc) is 2.56. The Morgan fingerprint density at radius 1 is 1.39 bits per heavy atom. The van der Waals surface area contributed by atoms with E-state index in [1.54, 1.807) is 0 Å². The number of aryl methyl sites for hydroxylation is 2. The van der Waals surface area contributed by atoms with E-state index in [-0.39, 0.29) is 11.2 Å². The lowest BCUT2D eigenvalue weighted by molar-refractivity contribution is -0.117. The molecule has 0 spiro atoms. The standard InChI is InChI=1S/C15H22N2O/c1-5-12-8-13(17(4)16-12)6-11-7-14(18)10-15(2,3)9-11/h7-8H,5-6,9-10H2,1-4H3. The van der Waals surface area contributed by atoms with Crippen molar-refractivity contribution in [2.45, 2.75) is 46.5 Å². The Hall–Kier alpha value is -1.38. The second-order valence-electron chi connectivity index (χ2n) is 6.07. The van der Waals surface area contributed by atoms with Crippen molar-refractivity contribution in [3.63, 3.8) is 0 Å². The van der Waals surface area contributed by atoms with Gasteiger partial charge in [-0.25, -0.2) is 0 Å². The zero-order chi connectivity index (χ0) is 13.3. The van der Waals surface area contributed by atoms with Crippen molar-refractivity contribution >= 4 is 5.78 Å². The van der Waals surface area contributed by atoms with Crippen LogP contribution in [0.15, 0.2) is 17.7 Å². The summed E-state index contributed by atoms with van der Waals surface area (Å²) >= 11 is 0. The highest BCUT2D eigenvalue weighted by molar-refractivity contribution is 5.91. The Morgan fingerprint density at radius 3 is 2.67 bits per heavy atom. The van der Waals surface area contributed by atoms with Crippen LogP contribution in [0.4, 0.5) is 0 Å². The molecule has 1 aliphatic carbocycles. The fraction of sp³-hybridized carbons (Fsp3) is 0.600. The minimum atomic E-state index is 0.105. The van der Waals surface area contributed by atoms with Crippen LogP contribution < -0.4 is 0 Å². The summed E-state index contributed by atoms with van der Waals surface area (Å²) in [6.07, 6.45) is 5.31. The Kier molecular flexibility index (Phi) is 3.42. The predicted octanol–water partition coefficient (Wildman–Crippen LogP) is 2.84. The Bertz CT molecular complexity index is 495. The van der Waals surface area contributed by atoms with Gasteiger partial charge >= 0.3 is 0 Å². The first-order valence-electron chi connectivity index (χ1n) is 6.64. The summed E-state index contributed by atoms with van der Waals surface area (Å²) in [4.78, 5) is 11.7. The fourth-order valence-corrected chi connectivity index (χ4v) is 2.73. The van der Waals surface area contributed by atoms with Crippen molar-refractivity contribution in [1.29, 1.82) is 0 Å². The summed E-state index contributed by atoms with van der Waals surface area (Å²) in [7, 11) is 1.98. The highest BCUT2D eigenvalue weighted by atomic mass is 16.1. The van der Waals surface area contributed by atoms with Gasteiger partial charge < -0.3 is 0 Å². The molecular weight excluding hydrogens is 224 g/mol. The second-order valence-corrected chi connectivity index (χ2v) is 6.07. The maximum Gasteiger partial charge on any atom is 0.156 e. The first kappa shape index (κ1) is 13.1. The lowest BCUT2D eigenvalue weighted by Gasteiger charge is -2.28. The predicted molar refractivity (Wildman–Crippen MR) is 72.4 cm³/mol. The van der Waals surface area contributed by atoms with Crippen LogP contribution in [0.25, 0.3) is 0 Å². The molecule has 98 valence electrons. The van der Waals surface area contributed by atoms with E-state index in [4.69, 9.17) is 0 Å². The van der Waals surface area contributed by atoms with Gasteiger partial charge in [0.25, 0.3) is 0 Å². The molecule has 2 rings (SSSR count). The van der Waals surface area contributed by atoms with Gasteiger partial charge in [0.05, 0.1) is 5.69 Å². The molecule has 0 aliphatic heterocycles. The number of ketones is 1. The van der Waals surface area contributed by atoms with Gasteiger partial charge in [0.1, 0.15) is 0 Å². The van der Waals surface area contributed by atoms with Gasteiger partial charge in [-0.15, -0.1) is 0 Å². The normalized spacial score (nSPS) is 18.9. The summed E-state index contributed by atoms with van der Waals surface area (Å²) in [5, 5.41) is 4.45. The van der Waals surface area contributed by atoms with E-state index in [0.717, 1.165) is 25.0 Å². The number of nitrogens with zero attached hydrogens (tertiary/aromatic N) is 2. The van der Waals surface area contributed by atoms with Gasteiger partial charge in [0.2, 0.25) is 0 Å². The molecule has 0 atom stereocenters. The number of allylic oxidation sites excluding steroid dienone is 2. The molecule has 0 radical (unpaired) electrons. The average molecular weight is 246 g/mol. The van der Waals surface area contributed by atoms with Crippen LogP contribution in [0.5, 0.6) is 0 Å². The monoisotopic (exact) mass is 246 g/mol. The molecule has 0 fully saturated rings. The van der Waals surface area contributed by atoms with E-state index in [1.807, 2.05) is 17.8 Å². The van der Waals surface area contributed by atoms with Gasteiger partial charge in [-0.3, -0.25) is 9.48 Å². The van der Waals surface area contributed by atoms with Crippen molar-refractivity contribution in [3.8, 4) is 0 Å². The molecule has 0 amide bonds. The van der Waals surface area contributed by atoms with Crippen LogP contribution in [0.3, 0.4) is 0 Å². The van der Waals surface area contributed by atoms with Crippen molar-refractivity contribution in [2.24, 2.45) is 12.5 Å². The molecule has 3 heteroatoms. The molecule has 1 aromatic heterocycles. The third-order valence-corrected chi connectivity index (χ3v) is 3.52. The lowest BCUT2D eigenvalue weighted by Crippen LogP contribution is -2.22. The van der Waals surface area contributed by atoms with Gasteiger partial charge in [0.15, 0.2) is 5.78 Å². The van der Waals surface area contributed by atoms with Gasteiger partial charge in [-0.2, -0.15) is 5.10 Å². The zero-order valence-electron chi connectivity index (χ0n) is 11.8. The van der Waals surface area contributed by atoms with Crippen molar-refractivity contribution in [1.82, 2.24) is 9.78 Å². The Balaban J connectivity index is 2.18. The summed E-state index contributed by atoms with van der Waals surface area (Å²) in [6, 6.07) is 2.15. The topological polar surface area (TPSA) is 34.9 Å². The number of hydrogen-bond acceptors (Lipinski definition) is 2. The van der Waals surface area contributed by atoms with E-state index in [2.05, 4.69) is 31.9 Å². The molecule has 1 heterocycles. The van der Waals surface area contributed by atoms with Gasteiger partial charge in [-0.05, 0) is 30.4 Å². The SMILES string of the molecule is CCc1cc(CC2=CC(=O)CC(C)(C)C2)n(C)n1. The molecule has 1 aromatic rings.